The van der Waals surface area contributed by atoms with Crippen molar-refractivity contribution < 1.29 is 14.3 Å². The Labute approximate surface area is 137 Å². The lowest BCUT2D eigenvalue weighted by atomic mass is 10.1. The Morgan fingerprint density at radius 3 is 2.59 bits per heavy atom. The van der Waals surface area contributed by atoms with Gasteiger partial charge in [-0.1, -0.05) is 54.3 Å². The van der Waals surface area contributed by atoms with E-state index in [4.69, 9.17) is 17.0 Å². The van der Waals surface area contributed by atoms with E-state index in [0.717, 1.165) is 11.8 Å². The van der Waals surface area contributed by atoms with Crippen molar-refractivity contribution in [3.05, 3.63) is 46.9 Å². The van der Waals surface area contributed by atoms with Crippen LogP contribution in [0.1, 0.15) is 10.4 Å². The quantitative estimate of drug-likeness (QED) is 0.478. The lowest BCUT2D eigenvalue weighted by Crippen LogP contribution is -2.50. The van der Waals surface area contributed by atoms with Gasteiger partial charge in [-0.2, -0.15) is 0 Å². The van der Waals surface area contributed by atoms with Crippen LogP contribution in [-0.2, 0) is 9.53 Å². The second-order valence-corrected chi connectivity index (χ2v) is 6.47. The van der Waals surface area contributed by atoms with Crippen molar-refractivity contribution in [1.82, 2.24) is 10.0 Å². The van der Waals surface area contributed by atoms with E-state index in [1.54, 1.807) is 24.3 Å². The van der Waals surface area contributed by atoms with Crippen molar-refractivity contribution in [2.24, 2.45) is 0 Å². The van der Waals surface area contributed by atoms with E-state index in [9.17, 15) is 9.59 Å². The lowest BCUT2D eigenvalue weighted by molar-refractivity contribution is -0.138. The van der Waals surface area contributed by atoms with E-state index in [2.05, 4.69) is 0 Å². The first-order valence-electron chi connectivity index (χ1n) is 6.87. The van der Waals surface area contributed by atoms with Crippen LogP contribution in [-0.4, -0.2) is 52.3 Å². The largest absolute Gasteiger partial charge is 0.379 e. The van der Waals surface area contributed by atoms with Gasteiger partial charge in [0.05, 0.1) is 18.1 Å². The van der Waals surface area contributed by atoms with Gasteiger partial charge < -0.3 is 4.74 Å². The molecule has 2 fully saturated rings. The Morgan fingerprint density at radius 1 is 1.23 bits per heavy atom. The summed E-state index contributed by atoms with van der Waals surface area (Å²) < 4.78 is 5.74. The summed E-state index contributed by atoms with van der Waals surface area (Å²) in [6, 6.07) is 8.87. The van der Waals surface area contributed by atoms with Crippen molar-refractivity contribution >= 4 is 40.0 Å². The predicted octanol–water partition coefficient (Wildman–Crippen LogP) is 1.86. The summed E-state index contributed by atoms with van der Waals surface area (Å²) in [6.45, 7) is 2.37. The fraction of sp³-hybridized carbons (Fsp3) is 0.267. The number of nitrogens with zero attached hydrogens (tertiary/aromatic N) is 2. The number of ether oxygens (including phenoxy) is 1. The number of allylic oxidation sites excluding steroid dienone is 1. The normalized spacial score (nSPS) is 21.6. The number of rotatable bonds is 3. The highest BCUT2D eigenvalue weighted by Crippen LogP contribution is 2.32. The number of morpholine rings is 1. The molecule has 114 valence electrons. The molecule has 0 saturated carbocycles. The summed E-state index contributed by atoms with van der Waals surface area (Å²) in [5.41, 5.74) is 0.555. The van der Waals surface area contributed by atoms with Crippen molar-refractivity contribution in [1.29, 1.82) is 0 Å². The Morgan fingerprint density at radius 2 is 1.91 bits per heavy atom. The van der Waals surface area contributed by atoms with Crippen molar-refractivity contribution in [3.8, 4) is 0 Å². The van der Waals surface area contributed by atoms with Gasteiger partial charge in [0.15, 0.2) is 10.1 Å². The standard InChI is InChI=1S/C15H14N2O3S2/c18-12(11-4-2-1-3-5-11)10-13-14(19)17(15(21)22-13)16-6-8-20-9-7-16/h1-5,10H,6-9H2/b13-10+. The van der Waals surface area contributed by atoms with E-state index in [0.29, 0.717) is 41.1 Å². The number of carbonyl (C=O) groups is 2. The summed E-state index contributed by atoms with van der Waals surface area (Å²) in [6.07, 6.45) is 1.37. The number of hydrogen-bond acceptors (Lipinski definition) is 6. The summed E-state index contributed by atoms with van der Waals surface area (Å²) in [5, 5.41) is 3.35. The molecule has 0 radical (unpaired) electrons. The number of benzene rings is 1. The van der Waals surface area contributed by atoms with Crippen LogP contribution < -0.4 is 0 Å². The topological polar surface area (TPSA) is 49.9 Å². The van der Waals surface area contributed by atoms with Gasteiger partial charge in [-0.3, -0.25) is 9.59 Å². The van der Waals surface area contributed by atoms with E-state index in [1.165, 1.54) is 11.1 Å². The Bertz CT molecular complexity index is 639. The molecule has 2 saturated heterocycles. The number of hydrogen-bond donors (Lipinski definition) is 0. The van der Waals surface area contributed by atoms with Crippen LogP contribution >= 0.6 is 24.0 Å². The fourth-order valence-corrected chi connectivity index (χ4v) is 3.54. The van der Waals surface area contributed by atoms with Crippen molar-refractivity contribution in [2.75, 3.05) is 26.3 Å². The third kappa shape index (κ3) is 3.12. The van der Waals surface area contributed by atoms with Gasteiger partial charge in [0, 0.05) is 24.7 Å². The Hall–Kier alpha value is -1.54. The predicted molar refractivity (Wildman–Crippen MR) is 88.3 cm³/mol. The zero-order chi connectivity index (χ0) is 15.5. The third-order valence-corrected chi connectivity index (χ3v) is 4.65. The highest BCUT2D eigenvalue weighted by molar-refractivity contribution is 8.26. The first kappa shape index (κ1) is 15.4. The number of ketones is 1. The molecular formula is C15H14N2O3S2. The summed E-state index contributed by atoms with van der Waals surface area (Å²) in [7, 11) is 0. The summed E-state index contributed by atoms with van der Waals surface area (Å²) in [5.74, 6) is -0.427. The zero-order valence-electron chi connectivity index (χ0n) is 11.7. The van der Waals surface area contributed by atoms with E-state index in [-0.39, 0.29) is 11.7 Å². The Balaban J connectivity index is 1.78. The smallest absolute Gasteiger partial charge is 0.281 e. The number of thioether (sulfide) groups is 1. The molecule has 1 aromatic rings. The molecule has 22 heavy (non-hydrogen) atoms. The second kappa shape index (κ2) is 6.70. The number of thiocarbonyl (C=S) groups is 1. The maximum atomic E-state index is 12.5. The number of amides is 1. The molecule has 0 unspecified atom stereocenters. The summed E-state index contributed by atoms with van der Waals surface area (Å²) in [4.78, 5) is 25.1. The summed E-state index contributed by atoms with van der Waals surface area (Å²) >= 11 is 6.44. The van der Waals surface area contributed by atoms with E-state index in [1.807, 2.05) is 11.1 Å². The highest BCUT2D eigenvalue weighted by atomic mass is 32.2. The molecule has 0 spiro atoms. The molecule has 0 bridgehead atoms. The monoisotopic (exact) mass is 334 g/mol. The minimum atomic E-state index is -0.235. The molecule has 5 nitrogen and oxygen atoms in total. The molecule has 1 aromatic carbocycles. The first-order chi connectivity index (χ1) is 10.7. The minimum Gasteiger partial charge on any atom is -0.379 e. The molecule has 7 heteroatoms. The molecule has 3 rings (SSSR count). The minimum absolute atomic E-state index is 0.192. The molecule has 2 aliphatic rings. The molecular weight excluding hydrogens is 320 g/mol. The zero-order valence-corrected chi connectivity index (χ0v) is 13.4. The van der Waals surface area contributed by atoms with E-state index >= 15 is 0 Å². The van der Waals surface area contributed by atoms with Crippen LogP contribution in [0.15, 0.2) is 41.3 Å². The van der Waals surface area contributed by atoms with Crippen LogP contribution in [0, 0.1) is 0 Å². The highest BCUT2D eigenvalue weighted by Gasteiger charge is 2.37. The molecule has 0 N–H and O–H groups in total. The number of carbonyl (C=O) groups excluding carboxylic acids is 2. The van der Waals surface area contributed by atoms with Crippen LogP contribution in [0.25, 0.3) is 0 Å². The van der Waals surface area contributed by atoms with Crippen molar-refractivity contribution in [3.63, 3.8) is 0 Å². The van der Waals surface area contributed by atoms with Gasteiger partial charge in [0.25, 0.3) is 5.91 Å². The molecule has 0 aromatic heterocycles. The van der Waals surface area contributed by atoms with Gasteiger partial charge >= 0.3 is 0 Å². The molecule has 1 amide bonds. The molecule has 0 atom stereocenters. The molecule has 0 aliphatic carbocycles. The van der Waals surface area contributed by atoms with Gasteiger partial charge in [0.2, 0.25) is 0 Å². The maximum absolute atomic E-state index is 12.5. The molecule has 2 heterocycles. The Kier molecular flexibility index (Phi) is 4.68. The van der Waals surface area contributed by atoms with Crippen LogP contribution in [0.5, 0.6) is 0 Å². The van der Waals surface area contributed by atoms with Crippen LogP contribution in [0.2, 0.25) is 0 Å². The van der Waals surface area contributed by atoms with Gasteiger partial charge in [0.1, 0.15) is 0 Å². The van der Waals surface area contributed by atoms with Gasteiger partial charge in [-0.25, -0.2) is 10.0 Å². The van der Waals surface area contributed by atoms with Crippen molar-refractivity contribution in [2.45, 2.75) is 0 Å². The average Bonchev–Trinajstić information content (AvgIpc) is 2.83. The maximum Gasteiger partial charge on any atom is 0.281 e. The SMILES string of the molecule is O=C(/C=C1/SC(=S)N(N2CCOCC2)C1=O)c1ccccc1. The van der Waals surface area contributed by atoms with Crippen LogP contribution in [0.3, 0.4) is 0 Å². The van der Waals surface area contributed by atoms with Gasteiger partial charge in [-0.05, 0) is 0 Å². The third-order valence-electron chi connectivity index (χ3n) is 3.36. The van der Waals surface area contributed by atoms with E-state index < -0.39 is 0 Å². The lowest BCUT2D eigenvalue weighted by Gasteiger charge is -2.33. The van der Waals surface area contributed by atoms with Gasteiger partial charge in [-0.15, -0.1) is 0 Å². The number of hydrazine groups is 1. The fourth-order valence-electron chi connectivity index (χ4n) is 2.26. The van der Waals surface area contributed by atoms with Crippen LogP contribution in [0.4, 0.5) is 0 Å². The average molecular weight is 334 g/mol. The molecule has 2 aliphatic heterocycles. The second-order valence-electron chi connectivity index (χ2n) is 4.79. The first-order valence-corrected chi connectivity index (χ1v) is 8.09.